The van der Waals surface area contributed by atoms with Crippen molar-refractivity contribution in [2.45, 2.75) is 238 Å². The predicted octanol–water partition coefficient (Wildman–Crippen LogP) is 10.5. The van der Waals surface area contributed by atoms with Gasteiger partial charge in [-0.15, -0.1) is 0 Å². The van der Waals surface area contributed by atoms with Gasteiger partial charge in [0.25, 0.3) is 0 Å². The Balaban J connectivity index is 5.96. The highest BCUT2D eigenvalue weighted by Gasteiger charge is 2.30. The number of carbonyl (C=O) groups is 1. The molecule has 0 saturated carbocycles. The van der Waals surface area contributed by atoms with E-state index in [-0.39, 0.29) is 19.6 Å². The van der Waals surface area contributed by atoms with Crippen LogP contribution in [0, 0.1) is 0 Å². The molecule has 0 fully saturated rings. The van der Waals surface area contributed by atoms with E-state index in [0.717, 1.165) is 103 Å². The zero-order chi connectivity index (χ0) is 58.2. The fourth-order valence-corrected chi connectivity index (χ4v) is 9.45. The maximum Gasteiger partial charge on any atom is 0.397 e. The van der Waals surface area contributed by atoms with E-state index in [4.69, 9.17) is 18.9 Å². The Bertz CT molecular complexity index is 1800. The number of unbranched alkanes of at least 4 members (excludes halogenated alkanes) is 24. The lowest BCUT2D eigenvalue weighted by atomic mass is 10.1. The molecule has 26 heteroatoms. The lowest BCUT2D eigenvalue weighted by Gasteiger charge is -2.34. The summed E-state index contributed by atoms with van der Waals surface area (Å²) >= 11 is 0. The Morgan fingerprint density at radius 3 is 1.04 bits per heavy atom. The summed E-state index contributed by atoms with van der Waals surface area (Å²) in [6.07, 6.45) is 37.4. The van der Waals surface area contributed by atoms with Crippen LogP contribution in [0.3, 0.4) is 0 Å². The van der Waals surface area contributed by atoms with Crippen LogP contribution in [-0.4, -0.2) is 153 Å². The van der Waals surface area contributed by atoms with Gasteiger partial charge in [-0.3, -0.25) is 23.0 Å². The lowest BCUT2D eigenvalue weighted by molar-refractivity contribution is -0.144. The summed E-state index contributed by atoms with van der Waals surface area (Å²) in [5.74, 6) is -0.527. The van der Waals surface area contributed by atoms with Gasteiger partial charge >= 0.3 is 41.6 Å². The van der Waals surface area contributed by atoms with Crippen LogP contribution in [0.15, 0.2) is 24.3 Å². The van der Waals surface area contributed by atoms with Gasteiger partial charge in [-0.05, 0) is 70.6 Å². The van der Waals surface area contributed by atoms with Gasteiger partial charge in [-0.1, -0.05) is 161 Å². The van der Waals surface area contributed by atoms with E-state index in [1.807, 2.05) is 0 Å². The third kappa shape index (κ3) is 53.6. The molecular formula is C52H101NO21S4. The van der Waals surface area contributed by atoms with Crippen LogP contribution in [0.2, 0.25) is 0 Å². The van der Waals surface area contributed by atoms with Crippen LogP contribution in [0.1, 0.15) is 213 Å². The normalized spacial score (nSPS) is 13.4. The topological polar surface area (TPSA) is 312 Å². The van der Waals surface area contributed by atoms with Gasteiger partial charge in [0.2, 0.25) is 5.91 Å². The third-order valence-electron chi connectivity index (χ3n) is 12.4. The van der Waals surface area contributed by atoms with Crippen molar-refractivity contribution in [3.63, 3.8) is 0 Å². The van der Waals surface area contributed by atoms with Crippen LogP contribution in [0.25, 0.3) is 0 Å². The van der Waals surface area contributed by atoms with E-state index < -0.39 is 111 Å². The minimum absolute atomic E-state index is 0.00953. The standard InChI is InChI=1S/C52H101NO21S4/c1-4-7-9-11-13-15-17-19-21-23-25-27-29-31-33-35-38-67-43-49(68-39-36-34-32-30-28-26-24-22-20-18-16-14-12-10-8-5-2)40-52(54)53(37-6-3)48(41-69-50(44-71-75(55,56)57)45-72-76(58,59)60)42-70-51(46-73-77(61,62)63)47-74-78(64,65)66/h19-22,48-51H,4-18,23-47H2,1-3H3,(H,55,56,57)(H,58,59,60)(H,61,62,63)(H,64,65,66)/b21-19-,22-20-. The van der Waals surface area contributed by atoms with Crippen molar-refractivity contribution in [2.75, 3.05) is 66.0 Å². The van der Waals surface area contributed by atoms with Gasteiger partial charge in [0.05, 0.1) is 64.8 Å². The van der Waals surface area contributed by atoms with Crippen molar-refractivity contribution < 1.29 is 92.4 Å². The van der Waals surface area contributed by atoms with Crippen LogP contribution in [-0.2, 0) is 82.1 Å². The molecule has 0 heterocycles. The Labute approximate surface area is 470 Å². The summed E-state index contributed by atoms with van der Waals surface area (Å²) in [4.78, 5) is 15.7. The monoisotopic (exact) mass is 1200 g/mol. The molecule has 0 aliphatic rings. The molecule has 0 rings (SSSR count). The minimum Gasteiger partial charge on any atom is -0.379 e. The molecule has 1 amide bonds. The van der Waals surface area contributed by atoms with Crippen molar-refractivity contribution in [3.05, 3.63) is 24.3 Å². The lowest BCUT2D eigenvalue weighted by Crippen LogP contribution is -2.49. The third-order valence-corrected chi connectivity index (χ3v) is 14.1. The van der Waals surface area contributed by atoms with E-state index in [1.54, 1.807) is 6.92 Å². The zero-order valence-corrected chi connectivity index (χ0v) is 50.5. The Kier molecular flexibility index (Phi) is 47.7. The summed E-state index contributed by atoms with van der Waals surface area (Å²) in [5, 5.41) is 0. The molecule has 0 spiro atoms. The molecule has 0 aliphatic carbocycles. The first-order valence-electron chi connectivity index (χ1n) is 28.6. The number of rotatable bonds is 58. The molecule has 4 N–H and O–H groups in total. The summed E-state index contributed by atoms with van der Waals surface area (Å²) in [7, 11) is -20.4. The molecule has 0 aromatic carbocycles. The van der Waals surface area contributed by atoms with Crippen LogP contribution >= 0.6 is 0 Å². The number of amides is 1. The van der Waals surface area contributed by atoms with Gasteiger partial charge < -0.3 is 23.8 Å². The first-order chi connectivity index (χ1) is 37.1. The van der Waals surface area contributed by atoms with Crippen molar-refractivity contribution in [1.82, 2.24) is 4.90 Å². The first-order valence-corrected chi connectivity index (χ1v) is 34.0. The average molecular weight is 1200 g/mol. The van der Waals surface area contributed by atoms with Gasteiger partial charge in [-0.2, -0.15) is 33.7 Å². The van der Waals surface area contributed by atoms with E-state index >= 15 is 0 Å². The van der Waals surface area contributed by atoms with Gasteiger partial charge in [-0.25, -0.2) is 16.7 Å². The second-order valence-corrected chi connectivity index (χ2v) is 24.0. The maximum atomic E-state index is 14.4. The summed E-state index contributed by atoms with van der Waals surface area (Å²) in [5.41, 5.74) is 0. The second kappa shape index (κ2) is 48.8. The molecule has 464 valence electrons. The van der Waals surface area contributed by atoms with Gasteiger partial charge in [0.15, 0.2) is 0 Å². The molecule has 0 aromatic heterocycles. The van der Waals surface area contributed by atoms with E-state index in [1.165, 1.54) is 81.9 Å². The fourth-order valence-electron chi connectivity index (χ4n) is 8.15. The second-order valence-electron chi connectivity index (χ2n) is 19.6. The molecule has 0 radical (unpaired) electrons. The number of carbonyl (C=O) groups excluding carboxylic acids is 1. The maximum absolute atomic E-state index is 14.4. The molecule has 0 saturated heterocycles. The zero-order valence-electron chi connectivity index (χ0n) is 47.2. The van der Waals surface area contributed by atoms with Crippen LogP contribution < -0.4 is 0 Å². The smallest absolute Gasteiger partial charge is 0.379 e. The number of hydrogen-bond donors (Lipinski definition) is 4. The highest BCUT2D eigenvalue weighted by atomic mass is 32.3. The van der Waals surface area contributed by atoms with Gasteiger partial charge in [0, 0.05) is 19.8 Å². The molecule has 22 nitrogen and oxygen atoms in total. The Morgan fingerprint density at radius 1 is 0.385 bits per heavy atom. The van der Waals surface area contributed by atoms with Crippen molar-refractivity contribution in [3.8, 4) is 0 Å². The van der Waals surface area contributed by atoms with E-state index in [9.17, 15) is 56.7 Å². The summed E-state index contributed by atoms with van der Waals surface area (Å²) < 4.78 is 169. The molecule has 0 bridgehead atoms. The molecule has 1 atom stereocenters. The largest absolute Gasteiger partial charge is 0.397 e. The van der Waals surface area contributed by atoms with Crippen molar-refractivity contribution >= 4 is 47.5 Å². The highest BCUT2D eigenvalue weighted by molar-refractivity contribution is 7.81. The summed E-state index contributed by atoms with van der Waals surface area (Å²) in [6, 6.07) is -1.24. The minimum atomic E-state index is -5.10. The van der Waals surface area contributed by atoms with Crippen molar-refractivity contribution in [1.29, 1.82) is 0 Å². The van der Waals surface area contributed by atoms with E-state index in [0.29, 0.717) is 19.6 Å². The van der Waals surface area contributed by atoms with Crippen LogP contribution in [0.4, 0.5) is 0 Å². The van der Waals surface area contributed by atoms with Crippen LogP contribution in [0.5, 0.6) is 0 Å². The molecule has 78 heavy (non-hydrogen) atoms. The summed E-state index contributed by atoms with van der Waals surface area (Å²) in [6.45, 7) is 1.59. The average Bonchev–Trinajstić information content (AvgIpc) is 3.36. The highest BCUT2D eigenvalue weighted by Crippen LogP contribution is 2.17. The van der Waals surface area contributed by atoms with Crippen molar-refractivity contribution in [2.24, 2.45) is 0 Å². The number of nitrogens with zero attached hydrogens (tertiary/aromatic N) is 1. The molecule has 0 aliphatic heterocycles. The Hall–Kier alpha value is -1.73. The number of ether oxygens (including phenoxy) is 4. The predicted molar refractivity (Wildman–Crippen MR) is 299 cm³/mol. The number of hydrogen-bond acceptors (Lipinski definition) is 17. The molecule has 1 unspecified atom stereocenters. The molecule has 0 aromatic rings. The van der Waals surface area contributed by atoms with Gasteiger partial charge in [0.1, 0.15) is 12.2 Å². The Morgan fingerprint density at radius 2 is 0.705 bits per heavy atom. The van der Waals surface area contributed by atoms with E-state index in [2.05, 4.69) is 54.9 Å². The molecular weight excluding hydrogens is 1100 g/mol. The SMILES string of the molecule is CCCCCCCC/C=C\CCCCCCCCOCC(CC(=O)N(CCC)C(COC(COS(=O)(=O)O)COS(=O)(=O)O)COC(COS(=O)(=O)O)COS(=O)(=O)O)OCCCCCCCC/C=C\CCCCCCCC. The fraction of sp³-hybridized carbons (Fsp3) is 0.904. The number of allylic oxidation sites excluding steroid dienone is 4. The quantitative estimate of drug-likeness (QED) is 0.0250. The first kappa shape index (κ1) is 76.3.